The first-order chi connectivity index (χ1) is 9.51. The van der Waals surface area contributed by atoms with E-state index < -0.39 is 23.6 Å². The molecule has 106 valence electrons. The van der Waals surface area contributed by atoms with Crippen molar-refractivity contribution in [1.82, 2.24) is 0 Å². The molecule has 0 aliphatic rings. The average molecular weight is 282 g/mol. The maximum absolute atomic E-state index is 13.5. The van der Waals surface area contributed by atoms with Crippen LogP contribution in [0.1, 0.15) is 17.2 Å². The summed E-state index contributed by atoms with van der Waals surface area (Å²) in [4.78, 5) is 0. The van der Waals surface area contributed by atoms with Crippen molar-refractivity contribution in [3.8, 4) is 5.75 Å². The van der Waals surface area contributed by atoms with Crippen LogP contribution in [0.5, 0.6) is 5.75 Å². The molecule has 0 radical (unpaired) electrons. The van der Waals surface area contributed by atoms with E-state index in [1.54, 1.807) is 0 Å². The maximum atomic E-state index is 13.5. The Balaban J connectivity index is 2.27. The van der Waals surface area contributed by atoms with Gasteiger partial charge in [0.1, 0.15) is 23.2 Å². The molecule has 0 saturated carbocycles. The first-order valence-electron chi connectivity index (χ1n) is 5.96. The quantitative estimate of drug-likeness (QED) is 0.931. The highest BCUT2D eigenvalue weighted by atomic mass is 19.1. The van der Waals surface area contributed by atoms with Gasteiger partial charge in [0, 0.05) is 18.1 Å². The highest BCUT2D eigenvalue weighted by Crippen LogP contribution is 2.29. The van der Waals surface area contributed by atoms with E-state index in [1.165, 1.54) is 25.3 Å². The van der Waals surface area contributed by atoms with Crippen LogP contribution in [0, 0.1) is 17.5 Å². The smallest absolute Gasteiger partial charge is 0.129 e. The maximum Gasteiger partial charge on any atom is 0.129 e. The van der Waals surface area contributed by atoms with Crippen molar-refractivity contribution in [3.05, 3.63) is 65.0 Å². The second-order valence-corrected chi connectivity index (χ2v) is 4.34. The predicted octanol–water partition coefficient (Wildman–Crippen LogP) is 3.39. The summed E-state index contributed by atoms with van der Waals surface area (Å²) in [7, 11) is 1.39. The van der Waals surface area contributed by atoms with Gasteiger partial charge in [-0.15, -0.1) is 0 Å². The molecule has 2 aromatic carbocycles. The number of halogens is 3. The molecule has 5 heteroatoms. The molecular formula is C15H13F3O2. The molecule has 0 aromatic heterocycles. The van der Waals surface area contributed by atoms with Crippen LogP contribution in [0.3, 0.4) is 0 Å². The van der Waals surface area contributed by atoms with E-state index in [0.29, 0.717) is 5.75 Å². The number of ether oxygens (including phenoxy) is 1. The lowest BCUT2D eigenvalue weighted by atomic mass is 10.00. The molecule has 2 nitrogen and oxygen atoms in total. The van der Waals surface area contributed by atoms with Gasteiger partial charge in [0.15, 0.2) is 0 Å². The Labute approximate surface area is 114 Å². The molecule has 2 rings (SSSR count). The molecule has 0 heterocycles. The Hall–Kier alpha value is -2.01. The summed E-state index contributed by atoms with van der Waals surface area (Å²) in [5, 5.41) is 10.1. The van der Waals surface area contributed by atoms with Gasteiger partial charge in [-0.3, -0.25) is 0 Å². The first-order valence-corrected chi connectivity index (χ1v) is 5.96. The standard InChI is InChI=1S/C15H13F3O2/c1-20-15-5-4-10(16)7-12(15)14(19)6-9-2-3-11(17)8-13(9)18/h2-5,7-8,14,19H,6H2,1H3. The van der Waals surface area contributed by atoms with Crippen LogP contribution >= 0.6 is 0 Å². The van der Waals surface area contributed by atoms with Crippen LogP contribution in [-0.4, -0.2) is 12.2 Å². The summed E-state index contributed by atoms with van der Waals surface area (Å²) >= 11 is 0. The van der Waals surface area contributed by atoms with Gasteiger partial charge in [-0.2, -0.15) is 0 Å². The lowest BCUT2D eigenvalue weighted by Crippen LogP contribution is -2.06. The third kappa shape index (κ3) is 3.11. The van der Waals surface area contributed by atoms with E-state index in [9.17, 15) is 18.3 Å². The number of benzene rings is 2. The van der Waals surface area contributed by atoms with Gasteiger partial charge in [0.2, 0.25) is 0 Å². The largest absolute Gasteiger partial charge is 0.496 e. The Morgan fingerprint density at radius 1 is 1.05 bits per heavy atom. The lowest BCUT2D eigenvalue weighted by Gasteiger charge is -2.15. The average Bonchev–Trinajstić information content (AvgIpc) is 2.41. The third-order valence-electron chi connectivity index (χ3n) is 2.98. The molecule has 0 bridgehead atoms. The molecule has 0 fully saturated rings. The monoisotopic (exact) mass is 282 g/mol. The van der Waals surface area contributed by atoms with Crippen molar-refractivity contribution < 1.29 is 23.0 Å². The minimum atomic E-state index is -1.15. The SMILES string of the molecule is COc1ccc(F)cc1C(O)Cc1ccc(F)cc1F. The zero-order chi connectivity index (χ0) is 14.7. The molecule has 2 aromatic rings. The Morgan fingerprint density at radius 3 is 2.35 bits per heavy atom. The molecular weight excluding hydrogens is 269 g/mol. The van der Waals surface area contributed by atoms with Crippen LogP contribution in [-0.2, 0) is 6.42 Å². The fourth-order valence-corrected chi connectivity index (χ4v) is 1.97. The van der Waals surface area contributed by atoms with Crippen molar-refractivity contribution in [1.29, 1.82) is 0 Å². The third-order valence-corrected chi connectivity index (χ3v) is 2.98. The fraction of sp³-hybridized carbons (Fsp3) is 0.200. The van der Waals surface area contributed by atoms with Crippen molar-refractivity contribution in [2.75, 3.05) is 7.11 Å². The van der Waals surface area contributed by atoms with Gasteiger partial charge in [-0.1, -0.05) is 6.07 Å². The summed E-state index contributed by atoms with van der Waals surface area (Å²) in [5.41, 5.74) is 0.362. The summed E-state index contributed by atoms with van der Waals surface area (Å²) in [5.74, 6) is -1.66. The highest BCUT2D eigenvalue weighted by Gasteiger charge is 2.17. The van der Waals surface area contributed by atoms with Crippen molar-refractivity contribution in [3.63, 3.8) is 0 Å². The number of aliphatic hydroxyl groups is 1. The minimum absolute atomic E-state index is 0.105. The number of rotatable bonds is 4. The van der Waals surface area contributed by atoms with E-state index in [1.807, 2.05) is 0 Å². The molecule has 0 aliphatic heterocycles. The van der Waals surface area contributed by atoms with Crippen LogP contribution in [0.4, 0.5) is 13.2 Å². The van der Waals surface area contributed by atoms with Crippen molar-refractivity contribution >= 4 is 0 Å². The molecule has 20 heavy (non-hydrogen) atoms. The zero-order valence-electron chi connectivity index (χ0n) is 10.7. The number of hydrogen-bond donors (Lipinski definition) is 1. The Bertz CT molecular complexity index is 614. The zero-order valence-corrected chi connectivity index (χ0v) is 10.7. The van der Waals surface area contributed by atoms with Crippen LogP contribution in [0.2, 0.25) is 0 Å². The van der Waals surface area contributed by atoms with E-state index in [2.05, 4.69) is 0 Å². The fourth-order valence-electron chi connectivity index (χ4n) is 1.97. The van der Waals surface area contributed by atoms with Gasteiger partial charge in [-0.05, 0) is 29.8 Å². The molecule has 0 saturated heterocycles. The van der Waals surface area contributed by atoms with Gasteiger partial charge < -0.3 is 9.84 Å². The van der Waals surface area contributed by atoms with Crippen LogP contribution in [0.15, 0.2) is 36.4 Å². The molecule has 1 atom stereocenters. The number of aliphatic hydroxyl groups excluding tert-OH is 1. The van der Waals surface area contributed by atoms with Gasteiger partial charge >= 0.3 is 0 Å². The molecule has 0 spiro atoms. The predicted molar refractivity (Wildman–Crippen MR) is 68.0 cm³/mol. The Kier molecular flexibility index (Phi) is 4.29. The van der Waals surface area contributed by atoms with E-state index in [0.717, 1.165) is 18.2 Å². The van der Waals surface area contributed by atoms with E-state index >= 15 is 0 Å². The van der Waals surface area contributed by atoms with Gasteiger partial charge in [0.05, 0.1) is 13.2 Å². The molecule has 1 unspecified atom stereocenters. The summed E-state index contributed by atoms with van der Waals surface area (Å²) < 4.78 is 44.6. The number of methoxy groups -OCH3 is 1. The summed E-state index contributed by atoms with van der Waals surface area (Å²) in [6, 6.07) is 6.81. The lowest BCUT2D eigenvalue weighted by molar-refractivity contribution is 0.172. The minimum Gasteiger partial charge on any atom is -0.496 e. The van der Waals surface area contributed by atoms with Crippen LogP contribution in [0.25, 0.3) is 0 Å². The van der Waals surface area contributed by atoms with E-state index in [4.69, 9.17) is 4.74 Å². The second kappa shape index (κ2) is 5.96. The molecule has 1 N–H and O–H groups in total. The topological polar surface area (TPSA) is 29.5 Å². The number of hydrogen-bond acceptors (Lipinski definition) is 2. The highest BCUT2D eigenvalue weighted by molar-refractivity contribution is 5.36. The van der Waals surface area contributed by atoms with Gasteiger partial charge in [-0.25, -0.2) is 13.2 Å². The second-order valence-electron chi connectivity index (χ2n) is 4.34. The van der Waals surface area contributed by atoms with Crippen molar-refractivity contribution in [2.45, 2.75) is 12.5 Å². The summed E-state index contributed by atoms with van der Waals surface area (Å²) in [6.45, 7) is 0. The van der Waals surface area contributed by atoms with E-state index in [-0.39, 0.29) is 17.5 Å². The van der Waals surface area contributed by atoms with Crippen molar-refractivity contribution in [2.24, 2.45) is 0 Å². The Morgan fingerprint density at radius 2 is 1.70 bits per heavy atom. The van der Waals surface area contributed by atoms with Crippen LogP contribution < -0.4 is 4.74 Å². The van der Waals surface area contributed by atoms with Gasteiger partial charge in [0.25, 0.3) is 0 Å². The first kappa shape index (κ1) is 14.4. The normalized spacial score (nSPS) is 12.2. The molecule has 0 aliphatic carbocycles. The molecule has 0 amide bonds. The summed E-state index contributed by atoms with van der Waals surface area (Å²) in [6.07, 6.45) is -1.26.